The number of piperidine rings is 1. The van der Waals surface area contributed by atoms with Gasteiger partial charge in [-0.05, 0) is 33.6 Å². The molecule has 0 unspecified atom stereocenters. The molecule has 1 N–H and O–H groups in total. The maximum absolute atomic E-state index is 11.8. The van der Waals surface area contributed by atoms with Crippen molar-refractivity contribution >= 4 is 6.09 Å². The summed E-state index contributed by atoms with van der Waals surface area (Å²) in [5, 5.41) is 3.41. The highest BCUT2D eigenvalue weighted by Gasteiger charge is 2.26. The van der Waals surface area contributed by atoms with Gasteiger partial charge in [-0.2, -0.15) is 0 Å². The van der Waals surface area contributed by atoms with E-state index < -0.39 is 5.60 Å². The van der Waals surface area contributed by atoms with Gasteiger partial charge in [0.2, 0.25) is 0 Å². The van der Waals surface area contributed by atoms with E-state index in [1.807, 2.05) is 20.8 Å². The number of hydrogen-bond donors (Lipinski definition) is 1. The van der Waals surface area contributed by atoms with Gasteiger partial charge < -0.3 is 15.0 Å². The molecule has 0 aliphatic carbocycles. The van der Waals surface area contributed by atoms with Gasteiger partial charge in [0.1, 0.15) is 5.60 Å². The van der Waals surface area contributed by atoms with E-state index in [2.05, 4.69) is 11.2 Å². The summed E-state index contributed by atoms with van der Waals surface area (Å²) in [6.07, 6.45) is 7.68. The van der Waals surface area contributed by atoms with Gasteiger partial charge >= 0.3 is 6.09 Å². The van der Waals surface area contributed by atoms with Crippen LogP contribution < -0.4 is 5.32 Å². The van der Waals surface area contributed by atoms with Crippen LogP contribution in [0.5, 0.6) is 0 Å². The zero-order chi connectivity index (χ0) is 13.6. The highest BCUT2D eigenvalue weighted by Crippen LogP contribution is 2.15. The number of rotatable bonds is 3. The SMILES string of the molecule is C#CCCNC1CCN(C(=O)OC(C)(C)C)CC1. The number of amides is 1. The first-order chi connectivity index (χ1) is 8.42. The molecule has 0 aromatic carbocycles. The normalized spacial score (nSPS) is 17.3. The fourth-order valence-corrected chi connectivity index (χ4v) is 1.94. The van der Waals surface area contributed by atoms with Crippen molar-refractivity contribution in [1.82, 2.24) is 10.2 Å². The average molecular weight is 252 g/mol. The van der Waals surface area contributed by atoms with Crippen LogP contribution in [0, 0.1) is 12.3 Å². The lowest BCUT2D eigenvalue weighted by Gasteiger charge is -2.33. The van der Waals surface area contributed by atoms with Crippen LogP contribution in [0.25, 0.3) is 0 Å². The van der Waals surface area contributed by atoms with Gasteiger partial charge in [0, 0.05) is 32.1 Å². The second-order valence-corrected chi connectivity index (χ2v) is 5.65. The maximum atomic E-state index is 11.8. The van der Waals surface area contributed by atoms with Gasteiger partial charge in [0.05, 0.1) is 0 Å². The van der Waals surface area contributed by atoms with Crippen molar-refractivity contribution in [3.63, 3.8) is 0 Å². The largest absolute Gasteiger partial charge is 0.444 e. The minimum absolute atomic E-state index is 0.204. The van der Waals surface area contributed by atoms with Crippen LogP contribution in [-0.2, 0) is 4.74 Å². The van der Waals surface area contributed by atoms with Crippen molar-refractivity contribution in [3.8, 4) is 12.3 Å². The number of likely N-dealkylation sites (tertiary alicyclic amines) is 1. The molecule has 4 nitrogen and oxygen atoms in total. The second kappa shape index (κ2) is 6.65. The fourth-order valence-electron chi connectivity index (χ4n) is 1.94. The smallest absolute Gasteiger partial charge is 0.410 e. The molecule has 18 heavy (non-hydrogen) atoms. The topological polar surface area (TPSA) is 41.6 Å². The molecule has 0 saturated carbocycles. The lowest BCUT2D eigenvalue weighted by molar-refractivity contribution is 0.0199. The summed E-state index contributed by atoms with van der Waals surface area (Å²) in [6, 6.07) is 0.469. The Hall–Kier alpha value is -1.21. The van der Waals surface area contributed by atoms with Crippen molar-refractivity contribution < 1.29 is 9.53 Å². The molecule has 1 saturated heterocycles. The number of carbonyl (C=O) groups is 1. The van der Waals surface area contributed by atoms with Gasteiger partial charge in [0.15, 0.2) is 0 Å². The summed E-state index contributed by atoms with van der Waals surface area (Å²) >= 11 is 0. The van der Waals surface area contributed by atoms with Crippen LogP contribution in [0.1, 0.15) is 40.0 Å². The Balaban J connectivity index is 2.27. The quantitative estimate of drug-likeness (QED) is 0.617. The Morgan fingerprint density at radius 3 is 2.56 bits per heavy atom. The number of hydrogen-bond acceptors (Lipinski definition) is 3. The Labute approximate surface area is 110 Å². The summed E-state index contributed by atoms with van der Waals surface area (Å²) in [6.45, 7) is 8.02. The van der Waals surface area contributed by atoms with Crippen molar-refractivity contribution in [3.05, 3.63) is 0 Å². The number of ether oxygens (including phenoxy) is 1. The zero-order valence-corrected chi connectivity index (χ0v) is 11.7. The summed E-state index contributed by atoms with van der Waals surface area (Å²) in [5.41, 5.74) is -0.418. The summed E-state index contributed by atoms with van der Waals surface area (Å²) in [7, 11) is 0. The molecular formula is C14H24N2O2. The Kier molecular flexibility index (Phi) is 5.49. The molecule has 0 aromatic heterocycles. The fraction of sp³-hybridized carbons (Fsp3) is 0.786. The Morgan fingerprint density at radius 2 is 2.06 bits per heavy atom. The molecule has 1 aliphatic rings. The molecule has 0 radical (unpaired) electrons. The van der Waals surface area contributed by atoms with E-state index in [1.54, 1.807) is 4.90 Å². The third-order valence-corrected chi connectivity index (χ3v) is 2.85. The van der Waals surface area contributed by atoms with Crippen molar-refractivity contribution in [2.75, 3.05) is 19.6 Å². The van der Waals surface area contributed by atoms with E-state index in [9.17, 15) is 4.79 Å². The van der Waals surface area contributed by atoms with Crippen LogP contribution in [0.15, 0.2) is 0 Å². The second-order valence-electron chi connectivity index (χ2n) is 5.65. The monoisotopic (exact) mass is 252 g/mol. The van der Waals surface area contributed by atoms with Crippen molar-refractivity contribution in [2.45, 2.75) is 51.7 Å². The van der Waals surface area contributed by atoms with E-state index in [0.29, 0.717) is 6.04 Å². The predicted molar refractivity (Wildman–Crippen MR) is 72.3 cm³/mol. The molecule has 0 spiro atoms. The van der Waals surface area contributed by atoms with Crippen molar-refractivity contribution in [1.29, 1.82) is 0 Å². The average Bonchev–Trinajstić information content (AvgIpc) is 2.28. The molecule has 0 atom stereocenters. The molecule has 102 valence electrons. The van der Waals surface area contributed by atoms with E-state index in [1.165, 1.54) is 0 Å². The lowest BCUT2D eigenvalue weighted by atomic mass is 10.1. The standard InChI is InChI=1S/C14H24N2O2/c1-5-6-9-15-12-7-10-16(11-8-12)13(17)18-14(2,3)4/h1,12,15H,6-11H2,2-4H3. The molecule has 1 amide bonds. The number of nitrogens with zero attached hydrogens (tertiary/aromatic N) is 1. The highest BCUT2D eigenvalue weighted by atomic mass is 16.6. The predicted octanol–water partition coefficient (Wildman–Crippen LogP) is 2.00. The van der Waals surface area contributed by atoms with Gasteiger partial charge in [-0.15, -0.1) is 12.3 Å². The molecule has 0 aromatic rings. The van der Waals surface area contributed by atoms with E-state index in [4.69, 9.17) is 11.2 Å². The minimum atomic E-state index is -0.418. The molecule has 1 heterocycles. The molecular weight excluding hydrogens is 228 g/mol. The third kappa shape index (κ3) is 5.42. The van der Waals surface area contributed by atoms with Gasteiger partial charge in [0.25, 0.3) is 0 Å². The first-order valence-corrected chi connectivity index (χ1v) is 6.57. The lowest BCUT2D eigenvalue weighted by Crippen LogP contribution is -2.46. The Bertz CT molecular complexity index is 307. The minimum Gasteiger partial charge on any atom is -0.444 e. The number of carbonyl (C=O) groups excluding carboxylic acids is 1. The third-order valence-electron chi connectivity index (χ3n) is 2.85. The molecule has 1 fully saturated rings. The van der Waals surface area contributed by atoms with Crippen LogP contribution >= 0.6 is 0 Å². The molecule has 0 bridgehead atoms. The summed E-state index contributed by atoms with van der Waals surface area (Å²) < 4.78 is 5.35. The van der Waals surface area contributed by atoms with Crippen LogP contribution in [0.2, 0.25) is 0 Å². The molecule has 4 heteroatoms. The summed E-state index contributed by atoms with van der Waals surface area (Å²) in [5.74, 6) is 2.61. The van der Waals surface area contributed by atoms with E-state index in [-0.39, 0.29) is 6.09 Å². The Morgan fingerprint density at radius 1 is 1.44 bits per heavy atom. The van der Waals surface area contributed by atoms with Crippen LogP contribution in [0.4, 0.5) is 4.79 Å². The van der Waals surface area contributed by atoms with Crippen LogP contribution in [-0.4, -0.2) is 42.3 Å². The molecule has 1 rings (SSSR count). The van der Waals surface area contributed by atoms with E-state index in [0.717, 1.165) is 38.9 Å². The maximum Gasteiger partial charge on any atom is 0.410 e. The first kappa shape index (κ1) is 14.8. The van der Waals surface area contributed by atoms with E-state index >= 15 is 0 Å². The zero-order valence-electron chi connectivity index (χ0n) is 11.7. The molecule has 1 aliphatic heterocycles. The number of terminal acetylenes is 1. The first-order valence-electron chi connectivity index (χ1n) is 6.57. The highest BCUT2D eigenvalue weighted by molar-refractivity contribution is 5.68. The van der Waals surface area contributed by atoms with Crippen molar-refractivity contribution in [2.24, 2.45) is 0 Å². The number of nitrogens with one attached hydrogen (secondary N) is 1. The van der Waals surface area contributed by atoms with Gasteiger partial charge in [-0.25, -0.2) is 4.79 Å². The van der Waals surface area contributed by atoms with Gasteiger partial charge in [-0.1, -0.05) is 0 Å². The van der Waals surface area contributed by atoms with Crippen LogP contribution in [0.3, 0.4) is 0 Å². The van der Waals surface area contributed by atoms with Gasteiger partial charge in [-0.3, -0.25) is 0 Å². The summed E-state index contributed by atoms with van der Waals surface area (Å²) in [4.78, 5) is 13.6.